The largest absolute Gasteiger partial charge is 0.364 e. The van der Waals surface area contributed by atoms with E-state index in [0.717, 1.165) is 9.08 Å². The van der Waals surface area contributed by atoms with Gasteiger partial charge in [-0.15, -0.1) is 5.10 Å². The number of nitrogens with zero attached hydrogens (tertiary/aromatic N) is 5. The van der Waals surface area contributed by atoms with Crippen molar-refractivity contribution in [3.63, 3.8) is 0 Å². The van der Waals surface area contributed by atoms with Gasteiger partial charge in [0.15, 0.2) is 11.3 Å². The third-order valence-electron chi connectivity index (χ3n) is 2.26. The molecule has 2 aromatic rings. The van der Waals surface area contributed by atoms with Crippen LogP contribution in [0.3, 0.4) is 0 Å². The highest BCUT2D eigenvalue weighted by molar-refractivity contribution is 6.00. The fraction of sp³-hybridized carbons (Fsp3) is 0.250. The molecule has 2 rings (SSSR count). The predicted octanol–water partition coefficient (Wildman–Crippen LogP) is -2.72. The Bertz CT molecular complexity index is 713. The summed E-state index contributed by atoms with van der Waals surface area (Å²) in [6, 6.07) is 0. The number of carbonyl (C=O) groups excluding carboxylic acids is 2. The Hall–Kier alpha value is -2.78. The van der Waals surface area contributed by atoms with Gasteiger partial charge in [0.25, 0.3) is 11.8 Å². The topological polar surface area (TPSA) is 137 Å². The Labute approximate surface area is 99.4 Å². The van der Waals surface area contributed by atoms with Gasteiger partial charge in [-0.2, -0.15) is 4.68 Å². The number of hydrogen-bond donors (Lipinski definition) is 2. The van der Waals surface area contributed by atoms with E-state index in [2.05, 4.69) is 20.6 Å². The Balaban J connectivity index is 2.95. The maximum Gasteiger partial charge on any atom is 0.353 e. The first-order valence-corrected chi connectivity index (χ1v) is 4.81. The van der Waals surface area contributed by atoms with Crippen molar-refractivity contribution in [3.05, 3.63) is 22.0 Å². The molecule has 0 unspecified atom stereocenters. The fourth-order valence-electron chi connectivity index (χ4n) is 1.41. The second-order valence-corrected chi connectivity index (χ2v) is 3.38. The number of nitrogens with one attached hydrogen (secondary N) is 1. The number of primary amides is 1. The summed E-state index contributed by atoms with van der Waals surface area (Å²) in [5.41, 5.74) is 4.02. The van der Waals surface area contributed by atoms with E-state index in [0.29, 0.717) is 0 Å². The summed E-state index contributed by atoms with van der Waals surface area (Å²) in [5, 5.41) is 9.44. The van der Waals surface area contributed by atoms with Crippen LogP contribution in [0.5, 0.6) is 0 Å². The minimum absolute atomic E-state index is 0.149. The van der Waals surface area contributed by atoms with Crippen LogP contribution in [0.2, 0.25) is 0 Å². The number of nitrogens with two attached hydrogens (primary N) is 1. The van der Waals surface area contributed by atoms with E-state index >= 15 is 0 Å². The van der Waals surface area contributed by atoms with Gasteiger partial charge in [0, 0.05) is 14.1 Å². The van der Waals surface area contributed by atoms with Gasteiger partial charge in [0.1, 0.15) is 0 Å². The zero-order valence-electron chi connectivity index (χ0n) is 9.54. The van der Waals surface area contributed by atoms with Crippen LogP contribution in [0.1, 0.15) is 21.1 Å². The first-order chi connectivity index (χ1) is 8.47. The summed E-state index contributed by atoms with van der Waals surface area (Å²) in [6.45, 7) is 0. The van der Waals surface area contributed by atoms with Crippen molar-refractivity contribution in [2.24, 2.45) is 12.8 Å². The molecule has 0 fully saturated rings. The standard InChI is InChI=1S/C8H9N7O3/c1-10-7(17)6-11-3(4(9)16)5-12-13-14(2)8(18)15(5)6/h1-2H3,(H2,9,16)(H,10,17). The summed E-state index contributed by atoms with van der Waals surface area (Å²) in [4.78, 5) is 38.3. The molecule has 2 amide bonds. The van der Waals surface area contributed by atoms with Crippen LogP contribution >= 0.6 is 0 Å². The number of aryl methyl sites for hydroxylation is 1. The molecule has 2 heterocycles. The van der Waals surface area contributed by atoms with Crippen LogP contribution in [-0.4, -0.2) is 43.2 Å². The molecule has 0 aromatic carbocycles. The summed E-state index contributed by atoms with van der Waals surface area (Å²) < 4.78 is 1.79. The molecule has 94 valence electrons. The van der Waals surface area contributed by atoms with Gasteiger partial charge in [-0.3, -0.25) is 9.59 Å². The summed E-state index contributed by atoms with van der Waals surface area (Å²) >= 11 is 0. The Kier molecular flexibility index (Phi) is 2.54. The number of imidazole rings is 1. The third-order valence-corrected chi connectivity index (χ3v) is 2.26. The fourth-order valence-corrected chi connectivity index (χ4v) is 1.41. The molecule has 0 aliphatic heterocycles. The molecule has 0 atom stereocenters. The van der Waals surface area contributed by atoms with Crippen molar-refractivity contribution in [1.82, 2.24) is 29.7 Å². The third kappa shape index (κ3) is 1.50. The molecule has 2 aromatic heterocycles. The minimum atomic E-state index is -0.898. The van der Waals surface area contributed by atoms with Crippen molar-refractivity contribution in [2.75, 3.05) is 7.05 Å². The van der Waals surface area contributed by atoms with Crippen molar-refractivity contribution in [2.45, 2.75) is 0 Å². The van der Waals surface area contributed by atoms with Crippen LogP contribution in [-0.2, 0) is 7.05 Å². The molecule has 0 saturated carbocycles. The molecule has 0 aliphatic carbocycles. The van der Waals surface area contributed by atoms with Crippen molar-refractivity contribution in [1.29, 1.82) is 0 Å². The molecule has 0 radical (unpaired) electrons. The first kappa shape index (κ1) is 11.7. The molecule has 3 N–H and O–H groups in total. The number of carbonyl (C=O) groups is 2. The van der Waals surface area contributed by atoms with Gasteiger partial charge in [-0.1, -0.05) is 5.21 Å². The van der Waals surface area contributed by atoms with Gasteiger partial charge in [-0.05, 0) is 0 Å². The van der Waals surface area contributed by atoms with Gasteiger partial charge < -0.3 is 11.1 Å². The SMILES string of the molecule is CNC(=O)c1nc(C(N)=O)c2nnn(C)c(=O)n12. The van der Waals surface area contributed by atoms with E-state index in [-0.39, 0.29) is 17.2 Å². The molecule has 0 saturated heterocycles. The van der Waals surface area contributed by atoms with Gasteiger partial charge in [-0.25, -0.2) is 14.2 Å². The second kappa shape index (κ2) is 3.91. The summed E-state index contributed by atoms with van der Waals surface area (Å²) in [5.74, 6) is -1.80. The highest BCUT2D eigenvalue weighted by atomic mass is 16.2. The molecular weight excluding hydrogens is 242 g/mol. The lowest BCUT2D eigenvalue weighted by molar-refractivity contribution is 0.0951. The maximum atomic E-state index is 11.9. The van der Waals surface area contributed by atoms with Crippen molar-refractivity contribution < 1.29 is 9.59 Å². The van der Waals surface area contributed by atoms with E-state index in [1.165, 1.54) is 14.1 Å². The van der Waals surface area contributed by atoms with Gasteiger partial charge >= 0.3 is 5.69 Å². The first-order valence-electron chi connectivity index (χ1n) is 4.81. The Morgan fingerprint density at radius 1 is 1.39 bits per heavy atom. The van der Waals surface area contributed by atoms with Crippen molar-refractivity contribution in [3.8, 4) is 0 Å². The van der Waals surface area contributed by atoms with E-state index in [4.69, 9.17) is 5.73 Å². The zero-order valence-corrected chi connectivity index (χ0v) is 9.54. The Morgan fingerprint density at radius 3 is 2.61 bits per heavy atom. The van der Waals surface area contributed by atoms with E-state index in [9.17, 15) is 14.4 Å². The average molecular weight is 251 g/mol. The molecule has 0 aliphatic rings. The van der Waals surface area contributed by atoms with Gasteiger partial charge in [0.05, 0.1) is 0 Å². The minimum Gasteiger partial charge on any atom is -0.364 e. The highest BCUT2D eigenvalue weighted by Crippen LogP contribution is 2.06. The van der Waals surface area contributed by atoms with E-state index < -0.39 is 17.5 Å². The number of amides is 2. The monoisotopic (exact) mass is 251 g/mol. The van der Waals surface area contributed by atoms with Gasteiger partial charge in [0.2, 0.25) is 5.82 Å². The molecule has 10 heteroatoms. The van der Waals surface area contributed by atoms with Crippen molar-refractivity contribution >= 4 is 17.5 Å². The highest BCUT2D eigenvalue weighted by Gasteiger charge is 2.23. The van der Waals surface area contributed by atoms with Crippen LogP contribution in [0.15, 0.2) is 4.79 Å². The average Bonchev–Trinajstić information content (AvgIpc) is 2.73. The lowest BCUT2D eigenvalue weighted by Gasteiger charge is -1.99. The summed E-state index contributed by atoms with van der Waals surface area (Å²) in [7, 11) is 2.72. The molecular formula is C8H9N7O3. The molecule has 10 nitrogen and oxygen atoms in total. The van der Waals surface area contributed by atoms with Crippen LogP contribution in [0.4, 0.5) is 0 Å². The van der Waals surface area contributed by atoms with E-state index in [1.807, 2.05) is 0 Å². The predicted molar refractivity (Wildman–Crippen MR) is 57.9 cm³/mol. The second-order valence-electron chi connectivity index (χ2n) is 3.38. The lowest BCUT2D eigenvalue weighted by atomic mass is 10.4. The number of hydrogen-bond acceptors (Lipinski definition) is 6. The molecule has 0 bridgehead atoms. The smallest absolute Gasteiger partial charge is 0.353 e. The number of rotatable bonds is 2. The van der Waals surface area contributed by atoms with E-state index in [1.54, 1.807) is 0 Å². The number of fused-ring (bicyclic) bond motifs is 1. The van der Waals surface area contributed by atoms with Crippen LogP contribution in [0, 0.1) is 0 Å². The lowest BCUT2D eigenvalue weighted by Crippen LogP contribution is -2.32. The quantitative estimate of drug-likeness (QED) is 0.594. The molecule has 18 heavy (non-hydrogen) atoms. The molecule has 0 spiro atoms. The summed E-state index contributed by atoms with van der Waals surface area (Å²) in [6.07, 6.45) is 0. The zero-order chi connectivity index (χ0) is 13.4. The van der Waals surface area contributed by atoms with Crippen LogP contribution < -0.4 is 16.7 Å². The normalized spacial score (nSPS) is 10.6. The van der Waals surface area contributed by atoms with Crippen LogP contribution in [0.25, 0.3) is 5.65 Å². The number of aromatic nitrogens is 5. The Morgan fingerprint density at radius 2 is 2.06 bits per heavy atom. The maximum absolute atomic E-state index is 11.9.